The molecule has 4 aromatic rings. The monoisotopic (exact) mass is 363 g/mol. The molecule has 0 amide bonds. The number of imidazole rings is 1. The molecule has 3 aromatic heterocycles. The third-order valence-corrected chi connectivity index (χ3v) is 4.97. The first-order valence-corrected chi connectivity index (χ1v) is 8.52. The number of rotatable bonds is 3. The van der Waals surface area contributed by atoms with Crippen molar-refractivity contribution in [1.82, 2.24) is 24.6 Å². The topological polar surface area (TPSA) is 95.9 Å². The Labute approximate surface area is 151 Å². The lowest BCUT2D eigenvalue weighted by molar-refractivity contribution is 0.627. The summed E-state index contributed by atoms with van der Waals surface area (Å²) in [5.41, 5.74) is 2.46. The molecular formula is C19H14FN5O2. The molecule has 0 spiro atoms. The lowest BCUT2D eigenvalue weighted by Crippen LogP contribution is -2.23. The van der Waals surface area contributed by atoms with Gasteiger partial charge in [-0.05, 0) is 42.0 Å². The van der Waals surface area contributed by atoms with E-state index in [0.29, 0.717) is 5.69 Å². The van der Waals surface area contributed by atoms with Crippen molar-refractivity contribution >= 4 is 5.65 Å². The number of nitrogens with one attached hydrogen (secondary N) is 2. The van der Waals surface area contributed by atoms with Crippen molar-refractivity contribution in [2.45, 2.75) is 18.3 Å². The zero-order chi connectivity index (χ0) is 18.5. The van der Waals surface area contributed by atoms with Gasteiger partial charge < -0.3 is 4.98 Å². The number of H-pyrrole nitrogens is 2. The molecule has 0 bridgehead atoms. The number of fused-ring (bicyclic) bond motifs is 1. The average molecular weight is 363 g/mol. The van der Waals surface area contributed by atoms with E-state index >= 15 is 0 Å². The summed E-state index contributed by atoms with van der Waals surface area (Å²) in [5, 5.41) is 4.44. The van der Waals surface area contributed by atoms with Crippen molar-refractivity contribution in [1.29, 1.82) is 0 Å². The Morgan fingerprint density at radius 1 is 1.15 bits per heavy atom. The first-order valence-electron chi connectivity index (χ1n) is 8.52. The Morgan fingerprint density at radius 2 is 1.96 bits per heavy atom. The molecule has 0 aliphatic heterocycles. The summed E-state index contributed by atoms with van der Waals surface area (Å²) < 4.78 is 14.8. The maximum atomic E-state index is 13.2. The first kappa shape index (κ1) is 15.7. The number of halogens is 1. The van der Waals surface area contributed by atoms with Crippen molar-refractivity contribution in [3.63, 3.8) is 0 Å². The Bertz CT molecular complexity index is 1270. The Morgan fingerprint density at radius 3 is 2.74 bits per heavy atom. The fourth-order valence-electron chi connectivity index (χ4n) is 3.56. The summed E-state index contributed by atoms with van der Waals surface area (Å²) in [4.78, 5) is 32.5. The fourth-order valence-corrected chi connectivity index (χ4v) is 3.56. The van der Waals surface area contributed by atoms with Gasteiger partial charge in [-0.25, -0.2) is 18.7 Å². The third-order valence-electron chi connectivity index (χ3n) is 4.97. The third kappa shape index (κ3) is 2.66. The Balaban J connectivity index is 1.60. The molecule has 1 saturated carbocycles. The minimum atomic E-state index is -0.564. The number of aromatic amines is 2. The predicted molar refractivity (Wildman–Crippen MR) is 96.2 cm³/mol. The molecule has 8 heteroatoms. The molecule has 0 saturated heterocycles. The van der Waals surface area contributed by atoms with Gasteiger partial charge >= 0.3 is 5.69 Å². The van der Waals surface area contributed by atoms with Crippen LogP contribution in [0.25, 0.3) is 16.9 Å². The summed E-state index contributed by atoms with van der Waals surface area (Å²) in [6.45, 7) is 0. The standard InChI is InChI=1S/C19H14FN5O2/c20-11-3-1-10(2-4-11)12-7-13(12)14-8-16(24-25-6-5-21-17(14)25)15-9-22-19(27)23-18(15)26/h1-6,8-9,12-13H,7H2,(H2,22,23,26,27)/t12-,13+/m0/s1. The number of hydrogen-bond donors (Lipinski definition) is 2. The van der Waals surface area contributed by atoms with Crippen LogP contribution in [0.15, 0.2) is 58.5 Å². The van der Waals surface area contributed by atoms with Crippen LogP contribution < -0.4 is 11.2 Å². The highest BCUT2D eigenvalue weighted by atomic mass is 19.1. The van der Waals surface area contributed by atoms with Gasteiger partial charge in [0.2, 0.25) is 0 Å². The zero-order valence-electron chi connectivity index (χ0n) is 14.0. The SMILES string of the molecule is O=c1[nH]cc(-c2cc([C@@H]3C[C@H]3c3ccc(F)cc3)c3nccn3n2)c(=O)[nH]1. The van der Waals surface area contributed by atoms with Crippen LogP contribution in [0.5, 0.6) is 0 Å². The van der Waals surface area contributed by atoms with E-state index in [9.17, 15) is 14.0 Å². The highest BCUT2D eigenvalue weighted by Gasteiger charge is 2.41. The van der Waals surface area contributed by atoms with Crippen LogP contribution in [0.1, 0.15) is 29.4 Å². The second kappa shape index (κ2) is 5.73. The molecule has 27 heavy (non-hydrogen) atoms. The highest BCUT2D eigenvalue weighted by molar-refractivity contribution is 5.63. The lowest BCUT2D eigenvalue weighted by Gasteiger charge is -2.07. The Hall–Kier alpha value is -3.55. The normalized spacial score (nSPS) is 18.7. The van der Waals surface area contributed by atoms with Crippen LogP contribution in [-0.2, 0) is 0 Å². The van der Waals surface area contributed by atoms with Crippen LogP contribution in [0.4, 0.5) is 4.39 Å². The largest absolute Gasteiger partial charge is 0.325 e. The van der Waals surface area contributed by atoms with Crippen molar-refractivity contribution in [3.05, 3.63) is 86.7 Å². The molecule has 7 nitrogen and oxygen atoms in total. The molecule has 1 aliphatic carbocycles. The number of aromatic nitrogens is 5. The van der Waals surface area contributed by atoms with Crippen molar-refractivity contribution in [2.75, 3.05) is 0 Å². The molecule has 1 aliphatic rings. The molecule has 5 rings (SSSR count). The number of hydrogen-bond acceptors (Lipinski definition) is 4. The predicted octanol–water partition coefficient (Wildman–Crippen LogP) is 2.18. The van der Waals surface area contributed by atoms with Crippen LogP contribution in [-0.4, -0.2) is 24.6 Å². The first-order chi connectivity index (χ1) is 13.1. The second-order valence-electron chi connectivity index (χ2n) is 6.67. The molecule has 1 aromatic carbocycles. The highest BCUT2D eigenvalue weighted by Crippen LogP contribution is 2.55. The van der Waals surface area contributed by atoms with E-state index in [4.69, 9.17) is 0 Å². The van der Waals surface area contributed by atoms with E-state index in [1.807, 2.05) is 6.07 Å². The van der Waals surface area contributed by atoms with Crippen molar-refractivity contribution in [3.8, 4) is 11.3 Å². The molecule has 1 fully saturated rings. The van der Waals surface area contributed by atoms with Gasteiger partial charge in [-0.1, -0.05) is 12.1 Å². The zero-order valence-corrected chi connectivity index (χ0v) is 14.0. The average Bonchev–Trinajstić information content (AvgIpc) is 3.30. The number of nitrogens with zero attached hydrogens (tertiary/aromatic N) is 3. The van der Waals surface area contributed by atoms with E-state index in [1.54, 1.807) is 29.0 Å². The van der Waals surface area contributed by atoms with Crippen molar-refractivity contribution < 1.29 is 4.39 Å². The van der Waals surface area contributed by atoms with E-state index in [1.165, 1.54) is 18.3 Å². The minimum Gasteiger partial charge on any atom is -0.313 e. The molecule has 134 valence electrons. The maximum Gasteiger partial charge on any atom is 0.325 e. The second-order valence-corrected chi connectivity index (χ2v) is 6.67. The molecule has 0 radical (unpaired) electrons. The van der Waals surface area contributed by atoms with Crippen LogP contribution in [0.3, 0.4) is 0 Å². The molecular weight excluding hydrogens is 349 g/mol. The van der Waals surface area contributed by atoms with Crippen LogP contribution >= 0.6 is 0 Å². The summed E-state index contributed by atoms with van der Waals surface area (Å²) in [5.74, 6) is 0.231. The summed E-state index contributed by atoms with van der Waals surface area (Å²) in [6.07, 6.45) is 5.65. The van der Waals surface area contributed by atoms with E-state index in [0.717, 1.165) is 23.2 Å². The fraction of sp³-hybridized carbons (Fsp3) is 0.158. The maximum absolute atomic E-state index is 13.2. The van der Waals surface area contributed by atoms with Gasteiger partial charge in [-0.2, -0.15) is 5.10 Å². The van der Waals surface area contributed by atoms with Gasteiger partial charge in [-0.15, -0.1) is 0 Å². The molecule has 0 unspecified atom stereocenters. The Kier molecular flexibility index (Phi) is 3.33. The minimum absolute atomic E-state index is 0.212. The quantitative estimate of drug-likeness (QED) is 0.583. The van der Waals surface area contributed by atoms with Gasteiger partial charge in [0.25, 0.3) is 5.56 Å². The van der Waals surface area contributed by atoms with Gasteiger partial charge in [0.05, 0.1) is 11.3 Å². The van der Waals surface area contributed by atoms with Crippen LogP contribution in [0.2, 0.25) is 0 Å². The summed E-state index contributed by atoms with van der Waals surface area (Å²) in [6, 6.07) is 8.38. The van der Waals surface area contributed by atoms with Gasteiger partial charge in [-0.3, -0.25) is 9.78 Å². The lowest BCUT2D eigenvalue weighted by atomic mass is 10.0. The van der Waals surface area contributed by atoms with E-state index in [2.05, 4.69) is 20.1 Å². The molecule has 2 N–H and O–H groups in total. The van der Waals surface area contributed by atoms with Crippen LogP contribution in [0, 0.1) is 5.82 Å². The smallest absolute Gasteiger partial charge is 0.313 e. The van der Waals surface area contributed by atoms with Crippen molar-refractivity contribution in [2.24, 2.45) is 0 Å². The van der Waals surface area contributed by atoms with Gasteiger partial charge in [0.1, 0.15) is 5.82 Å². The summed E-state index contributed by atoms with van der Waals surface area (Å²) in [7, 11) is 0. The van der Waals surface area contributed by atoms with E-state index < -0.39 is 11.2 Å². The van der Waals surface area contributed by atoms with Gasteiger partial charge in [0, 0.05) is 24.2 Å². The van der Waals surface area contributed by atoms with E-state index in [-0.39, 0.29) is 23.2 Å². The molecule has 2 atom stereocenters. The molecule has 3 heterocycles. The number of benzene rings is 1. The summed E-state index contributed by atoms with van der Waals surface area (Å²) >= 11 is 0. The van der Waals surface area contributed by atoms with Gasteiger partial charge in [0.15, 0.2) is 5.65 Å².